The highest BCUT2D eigenvalue weighted by molar-refractivity contribution is 5.68. The first-order valence-electron chi connectivity index (χ1n) is 8.07. The number of carbonyl (C=O) groups is 1. The van der Waals surface area contributed by atoms with Crippen LogP contribution in [0.15, 0.2) is 48.5 Å². The van der Waals surface area contributed by atoms with Gasteiger partial charge in [-0.25, -0.2) is 4.79 Å². The average Bonchev–Trinajstić information content (AvgIpc) is 2.56. The van der Waals surface area contributed by atoms with E-state index in [9.17, 15) is 15.0 Å². The van der Waals surface area contributed by atoms with Crippen molar-refractivity contribution >= 4 is 6.16 Å². The van der Waals surface area contributed by atoms with Gasteiger partial charge in [-0.3, -0.25) is 0 Å². The van der Waals surface area contributed by atoms with Crippen LogP contribution in [0.25, 0.3) is 0 Å². The van der Waals surface area contributed by atoms with Gasteiger partial charge in [0.1, 0.15) is 11.5 Å². The zero-order valence-electron chi connectivity index (χ0n) is 13.1. The first kappa shape index (κ1) is 14.9. The molecule has 2 aromatic carbocycles. The first-order valence-corrected chi connectivity index (χ1v) is 8.07. The predicted molar refractivity (Wildman–Crippen MR) is 85.8 cm³/mol. The fourth-order valence-electron chi connectivity index (χ4n) is 4.09. The summed E-state index contributed by atoms with van der Waals surface area (Å²) < 4.78 is 11.1. The summed E-state index contributed by atoms with van der Waals surface area (Å²) >= 11 is 0. The van der Waals surface area contributed by atoms with Crippen LogP contribution in [0.5, 0.6) is 11.5 Å². The maximum absolute atomic E-state index is 11.5. The lowest BCUT2D eigenvalue weighted by Crippen LogP contribution is -2.65. The molecule has 0 radical (unpaired) electrons. The standard InChI is InChI=1S/C19H18O5/c20-15-7-3-13(4-8-15)18(14-5-9-16(21)10-6-14)11-1-2-12-19(18)23-17(22)24-19/h3-10,20-21H,1-2,11-12H2. The Morgan fingerprint density at radius 3 is 1.67 bits per heavy atom. The number of aromatic hydroxyl groups is 2. The number of hydrogen-bond donors (Lipinski definition) is 2. The molecule has 1 aliphatic carbocycles. The van der Waals surface area contributed by atoms with Gasteiger partial charge >= 0.3 is 6.16 Å². The molecule has 2 aliphatic rings. The molecule has 2 N–H and O–H groups in total. The van der Waals surface area contributed by atoms with Crippen LogP contribution >= 0.6 is 0 Å². The van der Waals surface area contributed by atoms with Crippen LogP contribution in [0.4, 0.5) is 4.79 Å². The number of hydrogen-bond acceptors (Lipinski definition) is 5. The van der Waals surface area contributed by atoms with Crippen LogP contribution in [-0.4, -0.2) is 22.2 Å². The summed E-state index contributed by atoms with van der Waals surface area (Å²) in [5.41, 5.74) is 1.16. The molecule has 0 atom stereocenters. The molecule has 1 heterocycles. The van der Waals surface area contributed by atoms with Crippen molar-refractivity contribution in [1.82, 2.24) is 0 Å². The molecule has 5 heteroatoms. The van der Waals surface area contributed by atoms with E-state index in [1.807, 2.05) is 24.3 Å². The summed E-state index contributed by atoms with van der Waals surface area (Å²) in [6.45, 7) is 0. The summed E-state index contributed by atoms with van der Waals surface area (Å²) in [6, 6.07) is 13.9. The van der Waals surface area contributed by atoms with Crippen LogP contribution in [0, 0.1) is 0 Å². The predicted octanol–water partition coefficient (Wildman–Crippen LogP) is 3.82. The second kappa shape index (κ2) is 5.16. The van der Waals surface area contributed by atoms with E-state index >= 15 is 0 Å². The monoisotopic (exact) mass is 326 g/mol. The third-order valence-corrected chi connectivity index (χ3v) is 5.17. The van der Waals surface area contributed by atoms with Crippen molar-refractivity contribution in [3.63, 3.8) is 0 Å². The smallest absolute Gasteiger partial charge is 0.508 e. The minimum atomic E-state index is -1.03. The van der Waals surface area contributed by atoms with Gasteiger partial charge in [0.25, 0.3) is 5.79 Å². The quantitative estimate of drug-likeness (QED) is 0.821. The van der Waals surface area contributed by atoms with Gasteiger partial charge in [-0.15, -0.1) is 0 Å². The molecule has 2 aromatic rings. The van der Waals surface area contributed by atoms with Crippen LogP contribution in [-0.2, 0) is 14.9 Å². The number of phenolic OH excluding ortho intramolecular Hbond substituents is 2. The lowest BCUT2D eigenvalue weighted by atomic mass is 9.60. The van der Waals surface area contributed by atoms with Crippen LogP contribution < -0.4 is 0 Å². The van der Waals surface area contributed by atoms with Crippen molar-refractivity contribution < 1.29 is 24.5 Å². The Hall–Kier alpha value is -2.69. The van der Waals surface area contributed by atoms with E-state index in [1.165, 1.54) is 0 Å². The minimum Gasteiger partial charge on any atom is -0.508 e. The third kappa shape index (κ3) is 1.97. The number of rotatable bonds is 2. The average molecular weight is 326 g/mol. The molecule has 124 valence electrons. The Bertz CT molecular complexity index is 710. The highest BCUT2D eigenvalue weighted by Gasteiger charge is 2.66. The van der Waals surface area contributed by atoms with Gasteiger partial charge < -0.3 is 19.7 Å². The van der Waals surface area contributed by atoms with E-state index in [0.29, 0.717) is 6.42 Å². The SMILES string of the molecule is O=C1OC2(CCCCC2(c2ccc(O)cc2)c2ccc(O)cc2)O1. The molecule has 1 saturated heterocycles. The molecule has 0 unspecified atom stereocenters. The largest absolute Gasteiger partial charge is 0.515 e. The van der Waals surface area contributed by atoms with Crippen LogP contribution in [0.2, 0.25) is 0 Å². The molecule has 4 rings (SSSR count). The van der Waals surface area contributed by atoms with Gasteiger partial charge in [0.15, 0.2) is 0 Å². The molecular formula is C19H18O5. The van der Waals surface area contributed by atoms with Gasteiger partial charge in [0, 0.05) is 6.42 Å². The van der Waals surface area contributed by atoms with Gasteiger partial charge in [-0.05, 0) is 48.2 Å². The number of ether oxygens (including phenoxy) is 2. The summed E-state index contributed by atoms with van der Waals surface area (Å²) in [6.07, 6.45) is 2.57. The van der Waals surface area contributed by atoms with E-state index < -0.39 is 17.4 Å². The van der Waals surface area contributed by atoms with Crippen molar-refractivity contribution in [2.45, 2.75) is 36.9 Å². The molecule has 1 saturated carbocycles. The molecule has 0 bridgehead atoms. The van der Waals surface area contributed by atoms with Gasteiger partial charge in [0.2, 0.25) is 0 Å². The van der Waals surface area contributed by atoms with Crippen LogP contribution in [0.1, 0.15) is 36.8 Å². The van der Waals surface area contributed by atoms with E-state index in [2.05, 4.69) is 0 Å². The summed E-state index contributed by atoms with van der Waals surface area (Å²) in [7, 11) is 0. The second-order valence-electron chi connectivity index (χ2n) is 6.41. The molecule has 0 amide bonds. The van der Waals surface area contributed by atoms with Crippen molar-refractivity contribution in [2.75, 3.05) is 0 Å². The summed E-state index contributed by atoms with van der Waals surface area (Å²) in [5, 5.41) is 19.3. The van der Waals surface area contributed by atoms with Crippen molar-refractivity contribution in [2.24, 2.45) is 0 Å². The van der Waals surface area contributed by atoms with Gasteiger partial charge in [-0.1, -0.05) is 30.7 Å². The number of benzene rings is 2. The molecule has 24 heavy (non-hydrogen) atoms. The molecule has 2 fully saturated rings. The van der Waals surface area contributed by atoms with E-state index in [1.54, 1.807) is 24.3 Å². The van der Waals surface area contributed by atoms with E-state index in [4.69, 9.17) is 9.47 Å². The second-order valence-corrected chi connectivity index (χ2v) is 6.41. The normalized spacial score (nSPS) is 20.8. The lowest BCUT2D eigenvalue weighted by molar-refractivity contribution is -0.312. The Balaban J connectivity index is 1.93. The van der Waals surface area contributed by atoms with Crippen LogP contribution in [0.3, 0.4) is 0 Å². The van der Waals surface area contributed by atoms with E-state index in [-0.39, 0.29) is 11.5 Å². The zero-order chi connectivity index (χ0) is 16.8. The fourth-order valence-corrected chi connectivity index (χ4v) is 4.09. The highest BCUT2D eigenvalue weighted by Crippen LogP contribution is 2.57. The maximum atomic E-state index is 11.5. The number of carbonyl (C=O) groups excluding carboxylic acids is 1. The Kier molecular flexibility index (Phi) is 3.20. The first-order chi connectivity index (χ1) is 11.6. The highest BCUT2D eigenvalue weighted by atomic mass is 16.9. The molecule has 5 nitrogen and oxygen atoms in total. The Labute approximate surface area is 139 Å². The molecular weight excluding hydrogens is 308 g/mol. The summed E-state index contributed by atoms with van der Waals surface area (Å²) in [4.78, 5) is 11.5. The van der Waals surface area contributed by atoms with Gasteiger partial charge in [-0.2, -0.15) is 0 Å². The molecule has 0 aromatic heterocycles. The molecule has 1 spiro atoms. The Morgan fingerprint density at radius 2 is 1.21 bits per heavy atom. The van der Waals surface area contributed by atoms with Crippen molar-refractivity contribution in [3.8, 4) is 11.5 Å². The molecule has 1 aliphatic heterocycles. The van der Waals surface area contributed by atoms with Crippen molar-refractivity contribution in [1.29, 1.82) is 0 Å². The Morgan fingerprint density at radius 1 is 0.750 bits per heavy atom. The minimum absolute atomic E-state index is 0.177. The lowest BCUT2D eigenvalue weighted by Gasteiger charge is -2.55. The zero-order valence-corrected chi connectivity index (χ0v) is 13.1. The number of phenols is 2. The topological polar surface area (TPSA) is 76.0 Å². The third-order valence-electron chi connectivity index (χ3n) is 5.17. The van der Waals surface area contributed by atoms with E-state index in [0.717, 1.165) is 30.4 Å². The fraction of sp³-hybridized carbons (Fsp3) is 0.316. The van der Waals surface area contributed by atoms with Crippen molar-refractivity contribution in [3.05, 3.63) is 59.7 Å². The van der Waals surface area contributed by atoms with Gasteiger partial charge in [0.05, 0.1) is 5.41 Å². The summed E-state index contributed by atoms with van der Waals surface area (Å²) in [5.74, 6) is -0.678. The maximum Gasteiger partial charge on any atom is 0.515 e.